The molecule has 0 amide bonds. The van der Waals surface area contributed by atoms with Crippen molar-refractivity contribution in [1.29, 1.82) is 0 Å². The number of guanidine groups is 1. The topological polar surface area (TPSA) is 45.7 Å². The van der Waals surface area contributed by atoms with E-state index in [1.807, 2.05) is 7.05 Å². The first-order valence-corrected chi connectivity index (χ1v) is 10.3. The van der Waals surface area contributed by atoms with E-state index in [0.717, 1.165) is 25.5 Å². The molecule has 4 nitrogen and oxygen atoms in total. The maximum atomic E-state index is 5.93. The highest BCUT2D eigenvalue weighted by atomic mass is 16.5. The van der Waals surface area contributed by atoms with E-state index in [1.165, 1.54) is 11.1 Å². The number of fused-ring (bicyclic) bond motifs is 1. The molecule has 2 N–H and O–H groups in total. The lowest BCUT2D eigenvalue weighted by atomic mass is 9.57. The van der Waals surface area contributed by atoms with Gasteiger partial charge in [-0.15, -0.1) is 0 Å². The summed E-state index contributed by atoms with van der Waals surface area (Å²) in [6.45, 7) is 6.26. The maximum absolute atomic E-state index is 5.93. The lowest BCUT2D eigenvalue weighted by Gasteiger charge is -2.55. The van der Waals surface area contributed by atoms with Gasteiger partial charge in [-0.25, -0.2) is 0 Å². The zero-order valence-corrected chi connectivity index (χ0v) is 17.1. The normalized spacial score (nSPS) is 25.9. The molecule has 0 spiro atoms. The first-order chi connectivity index (χ1) is 13.6. The van der Waals surface area contributed by atoms with Crippen molar-refractivity contribution >= 4 is 5.96 Å². The molecular weight excluding hydrogens is 346 g/mol. The number of hydrogen-bond acceptors (Lipinski definition) is 2. The average Bonchev–Trinajstić information content (AvgIpc) is 3.19. The van der Waals surface area contributed by atoms with Crippen molar-refractivity contribution in [3.05, 3.63) is 71.8 Å². The fourth-order valence-corrected chi connectivity index (χ4v) is 4.96. The summed E-state index contributed by atoms with van der Waals surface area (Å²) in [6.07, 6.45) is 1.52. The zero-order valence-electron chi connectivity index (χ0n) is 17.1. The third-order valence-corrected chi connectivity index (χ3v) is 6.49. The summed E-state index contributed by atoms with van der Waals surface area (Å²) < 4.78 is 5.93. The first-order valence-electron chi connectivity index (χ1n) is 10.3. The minimum Gasteiger partial charge on any atom is -0.377 e. The van der Waals surface area contributed by atoms with Gasteiger partial charge in [-0.1, -0.05) is 74.5 Å². The monoisotopic (exact) mass is 377 g/mol. The van der Waals surface area contributed by atoms with Crippen LogP contribution in [0.4, 0.5) is 0 Å². The van der Waals surface area contributed by atoms with Crippen LogP contribution in [0, 0.1) is 11.3 Å². The van der Waals surface area contributed by atoms with Crippen molar-refractivity contribution in [3.8, 4) is 0 Å². The summed E-state index contributed by atoms with van der Waals surface area (Å²) in [5, 5.41) is 7.26. The van der Waals surface area contributed by atoms with Crippen LogP contribution in [0.1, 0.15) is 37.3 Å². The van der Waals surface area contributed by atoms with Crippen LogP contribution < -0.4 is 10.6 Å². The molecule has 2 fully saturated rings. The van der Waals surface area contributed by atoms with Gasteiger partial charge in [-0.3, -0.25) is 4.99 Å². The molecule has 0 bridgehead atoms. The van der Waals surface area contributed by atoms with Crippen molar-refractivity contribution in [2.75, 3.05) is 20.2 Å². The molecular formula is C24H31N3O. The van der Waals surface area contributed by atoms with E-state index < -0.39 is 0 Å². The van der Waals surface area contributed by atoms with Crippen LogP contribution in [0.25, 0.3) is 0 Å². The Bertz CT molecular complexity index is 764. The molecule has 1 aliphatic carbocycles. The molecule has 148 valence electrons. The molecule has 1 aliphatic heterocycles. The van der Waals surface area contributed by atoms with Gasteiger partial charge in [0.2, 0.25) is 0 Å². The van der Waals surface area contributed by atoms with Crippen LogP contribution in [0.15, 0.2) is 65.7 Å². The first kappa shape index (κ1) is 19.0. The van der Waals surface area contributed by atoms with Crippen LogP contribution in [0.2, 0.25) is 0 Å². The van der Waals surface area contributed by atoms with E-state index in [2.05, 4.69) is 90.1 Å². The van der Waals surface area contributed by atoms with Gasteiger partial charge in [0, 0.05) is 43.5 Å². The lowest BCUT2D eigenvalue weighted by Crippen LogP contribution is -2.68. The third kappa shape index (κ3) is 3.53. The van der Waals surface area contributed by atoms with Crippen LogP contribution in [0.5, 0.6) is 0 Å². The van der Waals surface area contributed by atoms with Gasteiger partial charge in [0.1, 0.15) is 0 Å². The summed E-state index contributed by atoms with van der Waals surface area (Å²) in [5.41, 5.74) is 2.76. The summed E-state index contributed by atoms with van der Waals surface area (Å²) in [6, 6.07) is 21.8. The van der Waals surface area contributed by atoms with E-state index in [0.29, 0.717) is 18.1 Å². The molecule has 1 saturated heterocycles. The van der Waals surface area contributed by atoms with Crippen molar-refractivity contribution in [2.45, 2.75) is 38.3 Å². The minimum absolute atomic E-state index is 0.136. The number of nitrogens with one attached hydrogen (secondary N) is 2. The fourth-order valence-electron chi connectivity index (χ4n) is 4.96. The Morgan fingerprint density at radius 2 is 1.68 bits per heavy atom. The molecule has 0 radical (unpaired) electrons. The largest absolute Gasteiger partial charge is 0.377 e. The average molecular weight is 378 g/mol. The molecule has 2 aliphatic rings. The number of aliphatic imine (C=N–C) groups is 1. The highest BCUT2D eigenvalue weighted by Crippen LogP contribution is 2.52. The molecule has 2 aromatic rings. The predicted molar refractivity (Wildman–Crippen MR) is 115 cm³/mol. The zero-order chi connectivity index (χ0) is 19.6. The third-order valence-electron chi connectivity index (χ3n) is 6.49. The second kappa shape index (κ2) is 7.96. The van der Waals surface area contributed by atoms with Crippen LogP contribution in [-0.4, -0.2) is 38.3 Å². The molecule has 1 saturated carbocycles. The van der Waals surface area contributed by atoms with Crippen molar-refractivity contribution in [2.24, 2.45) is 16.3 Å². The van der Waals surface area contributed by atoms with E-state index in [1.54, 1.807) is 0 Å². The standard InChI is InChI=1S/C24H31N3O/c1-24(2)21(19-14-15-28-22(19)24)27-23(25-3)26-16-20(17-10-6-4-7-11-17)18-12-8-5-9-13-18/h4-13,19-22H,14-16H2,1-3H3,(H2,25,26,27). The summed E-state index contributed by atoms with van der Waals surface area (Å²) in [5.74, 6) is 1.74. The van der Waals surface area contributed by atoms with Crippen LogP contribution >= 0.6 is 0 Å². The van der Waals surface area contributed by atoms with Gasteiger partial charge in [-0.2, -0.15) is 0 Å². The van der Waals surface area contributed by atoms with Crippen molar-refractivity contribution in [3.63, 3.8) is 0 Å². The van der Waals surface area contributed by atoms with Gasteiger partial charge < -0.3 is 15.4 Å². The Labute approximate surface area is 168 Å². The summed E-state index contributed by atoms with van der Waals surface area (Å²) in [7, 11) is 1.85. The molecule has 0 aromatic heterocycles. The number of nitrogens with zero attached hydrogens (tertiary/aromatic N) is 1. The Kier molecular flexibility index (Phi) is 5.40. The Morgan fingerprint density at radius 3 is 2.25 bits per heavy atom. The molecule has 3 unspecified atom stereocenters. The number of benzene rings is 2. The molecule has 1 heterocycles. The second-order valence-corrected chi connectivity index (χ2v) is 8.51. The van der Waals surface area contributed by atoms with E-state index in [9.17, 15) is 0 Å². The van der Waals surface area contributed by atoms with Gasteiger partial charge in [0.05, 0.1) is 6.10 Å². The van der Waals surface area contributed by atoms with Gasteiger partial charge in [0.15, 0.2) is 5.96 Å². The highest BCUT2D eigenvalue weighted by molar-refractivity contribution is 5.80. The van der Waals surface area contributed by atoms with Crippen LogP contribution in [-0.2, 0) is 4.74 Å². The van der Waals surface area contributed by atoms with Gasteiger partial charge in [0.25, 0.3) is 0 Å². The number of rotatable bonds is 5. The number of ether oxygens (including phenoxy) is 1. The Balaban J connectivity index is 1.46. The van der Waals surface area contributed by atoms with Gasteiger partial charge in [-0.05, 0) is 17.5 Å². The molecule has 4 rings (SSSR count). The molecule has 28 heavy (non-hydrogen) atoms. The molecule has 2 aromatic carbocycles. The van der Waals surface area contributed by atoms with E-state index in [-0.39, 0.29) is 11.3 Å². The second-order valence-electron chi connectivity index (χ2n) is 8.51. The Hall–Kier alpha value is -2.33. The van der Waals surface area contributed by atoms with E-state index in [4.69, 9.17) is 4.74 Å². The predicted octanol–water partition coefficient (Wildman–Crippen LogP) is 3.80. The number of hydrogen-bond donors (Lipinski definition) is 2. The van der Waals surface area contributed by atoms with Crippen molar-refractivity contribution < 1.29 is 4.74 Å². The molecule has 4 heteroatoms. The SMILES string of the molecule is CN=C(NCC(c1ccccc1)c1ccccc1)NC1C2CCOC2C1(C)C. The highest BCUT2D eigenvalue weighted by Gasteiger charge is 2.59. The fraction of sp³-hybridized carbons (Fsp3) is 0.458. The summed E-state index contributed by atoms with van der Waals surface area (Å²) in [4.78, 5) is 4.50. The summed E-state index contributed by atoms with van der Waals surface area (Å²) >= 11 is 0. The van der Waals surface area contributed by atoms with Gasteiger partial charge >= 0.3 is 0 Å². The lowest BCUT2D eigenvalue weighted by molar-refractivity contribution is -0.106. The Morgan fingerprint density at radius 1 is 1.07 bits per heavy atom. The maximum Gasteiger partial charge on any atom is 0.191 e. The van der Waals surface area contributed by atoms with E-state index >= 15 is 0 Å². The molecule has 3 atom stereocenters. The van der Waals surface area contributed by atoms with Crippen molar-refractivity contribution in [1.82, 2.24) is 10.6 Å². The minimum atomic E-state index is 0.136. The smallest absolute Gasteiger partial charge is 0.191 e. The quantitative estimate of drug-likeness (QED) is 0.615. The van der Waals surface area contributed by atoms with Crippen LogP contribution in [0.3, 0.4) is 0 Å².